The van der Waals surface area contributed by atoms with Crippen molar-refractivity contribution in [2.75, 3.05) is 0 Å². The number of nitrogens with zero attached hydrogens (tertiary/aromatic N) is 1. The molecule has 3 rings (SSSR count). The first-order chi connectivity index (χ1) is 8.55. The number of hydrogen-bond acceptors (Lipinski definition) is 2. The number of fused-ring (bicyclic) bond motifs is 1. The lowest BCUT2D eigenvalue weighted by atomic mass is 9.76. The first kappa shape index (κ1) is 11.7. The van der Waals surface area contributed by atoms with Gasteiger partial charge in [0.05, 0.1) is 17.3 Å². The summed E-state index contributed by atoms with van der Waals surface area (Å²) in [5, 5.41) is 18.3. The van der Waals surface area contributed by atoms with Gasteiger partial charge in [-0.25, -0.2) is 0 Å². The maximum atomic E-state index is 10.0. The maximum absolute atomic E-state index is 10.0. The Balaban J connectivity index is 1.92. The van der Waals surface area contributed by atoms with E-state index in [4.69, 9.17) is 0 Å². The van der Waals surface area contributed by atoms with Crippen molar-refractivity contribution in [3.8, 4) is 0 Å². The number of aryl methyl sites for hydroxylation is 1. The molecule has 0 unspecified atom stereocenters. The summed E-state index contributed by atoms with van der Waals surface area (Å²) in [7, 11) is 0. The third kappa shape index (κ3) is 2.03. The van der Waals surface area contributed by atoms with Gasteiger partial charge in [-0.15, -0.1) is 0 Å². The molecule has 3 nitrogen and oxygen atoms in total. The minimum Gasteiger partial charge on any atom is -0.390 e. The van der Waals surface area contributed by atoms with E-state index in [1.807, 2.05) is 13.1 Å². The largest absolute Gasteiger partial charge is 0.390 e. The van der Waals surface area contributed by atoms with Gasteiger partial charge in [-0.1, -0.05) is 0 Å². The summed E-state index contributed by atoms with van der Waals surface area (Å²) in [5.41, 5.74) is 3.42. The molecular formula is C15H20N2O. The zero-order chi connectivity index (χ0) is 12.8. The SMILES string of the molecule is Cc1cc2cn[nH]c2cc1C1CCC(C)(O)CC1. The molecule has 1 aliphatic rings. The Hall–Kier alpha value is -1.35. The molecule has 0 aliphatic heterocycles. The zero-order valence-corrected chi connectivity index (χ0v) is 11.0. The molecule has 2 N–H and O–H groups in total. The van der Waals surface area contributed by atoms with Gasteiger partial charge in [0.25, 0.3) is 0 Å². The number of nitrogens with one attached hydrogen (secondary N) is 1. The minimum absolute atomic E-state index is 0.456. The van der Waals surface area contributed by atoms with Crippen molar-refractivity contribution in [3.05, 3.63) is 29.5 Å². The van der Waals surface area contributed by atoms with E-state index in [9.17, 15) is 5.11 Å². The number of aliphatic hydroxyl groups is 1. The predicted molar refractivity (Wildman–Crippen MR) is 72.7 cm³/mol. The van der Waals surface area contributed by atoms with Crippen molar-refractivity contribution in [3.63, 3.8) is 0 Å². The Labute approximate surface area is 107 Å². The summed E-state index contributed by atoms with van der Waals surface area (Å²) in [6, 6.07) is 4.45. The van der Waals surface area contributed by atoms with E-state index >= 15 is 0 Å². The maximum Gasteiger partial charge on any atom is 0.0653 e. The fourth-order valence-corrected chi connectivity index (χ4v) is 3.11. The number of rotatable bonds is 1. The topological polar surface area (TPSA) is 48.9 Å². The summed E-state index contributed by atoms with van der Waals surface area (Å²) >= 11 is 0. The van der Waals surface area contributed by atoms with Gasteiger partial charge in [-0.05, 0) is 68.7 Å². The highest BCUT2D eigenvalue weighted by molar-refractivity contribution is 5.79. The van der Waals surface area contributed by atoms with Gasteiger partial charge < -0.3 is 5.11 Å². The molecular weight excluding hydrogens is 224 g/mol. The molecule has 1 aromatic carbocycles. The summed E-state index contributed by atoms with van der Waals surface area (Å²) < 4.78 is 0. The number of aromatic amines is 1. The minimum atomic E-state index is -0.456. The third-order valence-corrected chi connectivity index (χ3v) is 4.33. The molecule has 96 valence electrons. The van der Waals surface area contributed by atoms with E-state index < -0.39 is 5.60 Å². The lowest BCUT2D eigenvalue weighted by Crippen LogP contribution is -2.29. The Morgan fingerprint density at radius 2 is 2.06 bits per heavy atom. The van der Waals surface area contributed by atoms with Gasteiger partial charge >= 0.3 is 0 Å². The van der Waals surface area contributed by atoms with Crippen LogP contribution in [0.2, 0.25) is 0 Å². The van der Waals surface area contributed by atoms with E-state index in [2.05, 4.69) is 29.3 Å². The van der Waals surface area contributed by atoms with Crippen LogP contribution in [0.1, 0.15) is 49.7 Å². The highest BCUT2D eigenvalue weighted by atomic mass is 16.3. The van der Waals surface area contributed by atoms with Crippen LogP contribution in [0.5, 0.6) is 0 Å². The zero-order valence-electron chi connectivity index (χ0n) is 11.0. The second kappa shape index (κ2) is 4.09. The second-order valence-electron chi connectivity index (χ2n) is 5.94. The first-order valence-electron chi connectivity index (χ1n) is 6.71. The average Bonchev–Trinajstić information content (AvgIpc) is 2.75. The molecule has 1 heterocycles. The number of hydrogen-bond donors (Lipinski definition) is 2. The van der Waals surface area contributed by atoms with Crippen molar-refractivity contribution in [2.24, 2.45) is 0 Å². The van der Waals surface area contributed by atoms with Crippen LogP contribution in [0.25, 0.3) is 10.9 Å². The van der Waals surface area contributed by atoms with Crippen molar-refractivity contribution in [2.45, 2.75) is 51.0 Å². The Morgan fingerprint density at radius 3 is 2.78 bits per heavy atom. The Kier molecular flexibility index (Phi) is 2.67. The van der Waals surface area contributed by atoms with E-state index in [1.54, 1.807) is 0 Å². The van der Waals surface area contributed by atoms with Crippen LogP contribution in [0.15, 0.2) is 18.3 Å². The molecule has 2 aromatic rings. The predicted octanol–water partition coefficient (Wildman–Crippen LogP) is 3.28. The molecule has 3 heteroatoms. The Bertz CT molecular complexity index is 561. The van der Waals surface area contributed by atoms with Gasteiger partial charge in [-0.2, -0.15) is 5.10 Å². The van der Waals surface area contributed by atoms with E-state index in [1.165, 1.54) is 16.5 Å². The smallest absolute Gasteiger partial charge is 0.0653 e. The standard InChI is InChI=1S/C15H20N2O/c1-10-7-12-9-16-17-14(12)8-13(10)11-3-5-15(2,18)6-4-11/h7-9,11,18H,3-6H2,1-2H3,(H,16,17). The molecule has 1 aromatic heterocycles. The van der Waals surface area contributed by atoms with Gasteiger partial charge in [-0.3, -0.25) is 5.10 Å². The molecule has 0 spiro atoms. The number of H-pyrrole nitrogens is 1. The molecule has 1 saturated carbocycles. The first-order valence-corrected chi connectivity index (χ1v) is 6.71. The third-order valence-electron chi connectivity index (χ3n) is 4.33. The van der Waals surface area contributed by atoms with Gasteiger partial charge in [0.15, 0.2) is 0 Å². The lowest BCUT2D eigenvalue weighted by molar-refractivity contribution is 0.0171. The van der Waals surface area contributed by atoms with Crippen molar-refractivity contribution in [1.82, 2.24) is 10.2 Å². The van der Waals surface area contributed by atoms with E-state index in [0.29, 0.717) is 5.92 Å². The van der Waals surface area contributed by atoms with E-state index in [-0.39, 0.29) is 0 Å². The van der Waals surface area contributed by atoms with Gasteiger partial charge in [0.1, 0.15) is 0 Å². The fraction of sp³-hybridized carbons (Fsp3) is 0.533. The molecule has 0 atom stereocenters. The van der Waals surface area contributed by atoms with Crippen molar-refractivity contribution >= 4 is 10.9 Å². The van der Waals surface area contributed by atoms with Crippen LogP contribution in [0, 0.1) is 6.92 Å². The van der Waals surface area contributed by atoms with Gasteiger partial charge in [0, 0.05) is 5.39 Å². The van der Waals surface area contributed by atoms with Crippen LogP contribution < -0.4 is 0 Å². The van der Waals surface area contributed by atoms with Crippen LogP contribution in [0.4, 0.5) is 0 Å². The summed E-state index contributed by atoms with van der Waals surface area (Å²) in [4.78, 5) is 0. The second-order valence-corrected chi connectivity index (χ2v) is 5.94. The normalized spacial score (nSPS) is 28.7. The molecule has 1 aliphatic carbocycles. The van der Waals surface area contributed by atoms with Gasteiger partial charge in [0.2, 0.25) is 0 Å². The fourth-order valence-electron chi connectivity index (χ4n) is 3.11. The van der Waals surface area contributed by atoms with Crippen molar-refractivity contribution in [1.29, 1.82) is 0 Å². The summed E-state index contributed by atoms with van der Waals surface area (Å²) in [6.45, 7) is 4.13. The van der Waals surface area contributed by atoms with E-state index in [0.717, 1.165) is 31.2 Å². The number of benzene rings is 1. The summed E-state index contributed by atoms with van der Waals surface area (Å²) in [5.74, 6) is 0.581. The Morgan fingerprint density at radius 1 is 1.33 bits per heavy atom. The molecule has 0 radical (unpaired) electrons. The highest BCUT2D eigenvalue weighted by Gasteiger charge is 2.30. The van der Waals surface area contributed by atoms with Crippen LogP contribution >= 0.6 is 0 Å². The quantitative estimate of drug-likeness (QED) is 0.808. The average molecular weight is 244 g/mol. The summed E-state index contributed by atoms with van der Waals surface area (Å²) in [6.07, 6.45) is 5.83. The monoisotopic (exact) mass is 244 g/mol. The number of aromatic nitrogens is 2. The van der Waals surface area contributed by atoms with Crippen LogP contribution in [-0.4, -0.2) is 20.9 Å². The van der Waals surface area contributed by atoms with Crippen LogP contribution in [0.3, 0.4) is 0 Å². The lowest BCUT2D eigenvalue weighted by Gasteiger charge is -2.33. The molecule has 0 saturated heterocycles. The van der Waals surface area contributed by atoms with Crippen molar-refractivity contribution < 1.29 is 5.11 Å². The van der Waals surface area contributed by atoms with Crippen LogP contribution in [-0.2, 0) is 0 Å². The molecule has 1 fully saturated rings. The molecule has 0 amide bonds. The molecule has 0 bridgehead atoms. The molecule has 18 heavy (non-hydrogen) atoms. The highest BCUT2D eigenvalue weighted by Crippen LogP contribution is 2.39.